The first-order chi connectivity index (χ1) is 10.3. The van der Waals surface area contributed by atoms with Gasteiger partial charge in [0, 0.05) is 9.75 Å². The summed E-state index contributed by atoms with van der Waals surface area (Å²) in [5, 5.41) is 3.66. The first-order valence-corrected chi connectivity index (χ1v) is 9.00. The summed E-state index contributed by atoms with van der Waals surface area (Å²) in [6.45, 7) is 5.25. The maximum Gasteiger partial charge on any atom is 0.126 e. The van der Waals surface area contributed by atoms with E-state index in [2.05, 4.69) is 30.4 Å². The molecule has 2 nitrogen and oxygen atoms in total. The van der Waals surface area contributed by atoms with Gasteiger partial charge in [-0.25, -0.2) is 0 Å². The fourth-order valence-corrected chi connectivity index (χ4v) is 4.41. The lowest BCUT2D eigenvalue weighted by Gasteiger charge is -2.14. The molecule has 0 aromatic carbocycles. The highest BCUT2D eigenvalue weighted by molar-refractivity contribution is 7.12. The second kappa shape index (κ2) is 6.80. The van der Waals surface area contributed by atoms with Crippen molar-refractivity contribution in [2.75, 3.05) is 6.54 Å². The smallest absolute Gasteiger partial charge is 0.126 e. The summed E-state index contributed by atoms with van der Waals surface area (Å²) < 4.78 is 5.90. The summed E-state index contributed by atoms with van der Waals surface area (Å²) in [6, 6.07) is 6.83. The lowest BCUT2D eigenvalue weighted by Crippen LogP contribution is -2.21. The zero-order valence-corrected chi connectivity index (χ0v) is 13.9. The molecule has 2 heterocycles. The van der Waals surface area contributed by atoms with E-state index in [1.165, 1.54) is 37.0 Å². The third-order valence-electron chi connectivity index (χ3n) is 4.19. The van der Waals surface area contributed by atoms with Crippen LogP contribution in [0.3, 0.4) is 0 Å². The average molecular weight is 303 g/mol. The second-order valence-electron chi connectivity index (χ2n) is 5.99. The van der Waals surface area contributed by atoms with E-state index >= 15 is 0 Å². The number of hydrogen-bond donors (Lipinski definition) is 1. The fourth-order valence-electron chi connectivity index (χ4n) is 3.07. The molecule has 0 saturated carbocycles. The highest BCUT2D eigenvalue weighted by Crippen LogP contribution is 2.35. The molecule has 0 fully saturated rings. The Balaban J connectivity index is 1.89. The van der Waals surface area contributed by atoms with Gasteiger partial charge in [-0.1, -0.05) is 13.3 Å². The molecule has 0 bridgehead atoms. The molecule has 1 N–H and O–H groups in total. The largest absolute Gasteiger partial charge is 0.464 e. The summed E-state index contributed by atoms with van der Waals surface area (Å²) in [5.74, 6) is 2.05. The van der Waals surface area contributed by atoms with Gasteiger partial charge in [-0.3, -0.25) is 0 Å². The molecule has 1 aliphatic carbocycles. The summed E-state index contributed by atoms with van der Waals surface area (Å²) >= 11 is 1.99. The van der Waals surface area contributed by atoms with Gasteiger partial charge >= 0.3 is 0 Å². The lowest BCUT2D eigenvalue weighted by atomic mass is 10.1. The molecule has 114 valence electrons. The molecule has 2 aromatic heterocycles. The molecular formula is C18H25NOS. The Bertz CT molecular complexity index is 560. The van der Waals surface area contributed by atoms with Crippen molar-refractivity contribution in [3.63, 3.8) is 0 Å². The normalized spacial score (nSPS) is 16.5. The molecule has 1 atom stereocenters. The Morgan fingerprint density at radius 2 is 2.10 bits per heavy atom. The summed E-state index contributed by atoms with van der Waals surface area (Å²) in [4.78, 5) is 3.03. The van der Waals surface area contributed by atoms with Crippen LogP contribution in [-0.4, -0.2) is 6.54 Å². The van der Waals surface area contributed by atoms with Crippen molar-refractivity contribution in [1.82, 2.24) is 5.32 Å². The fraction of sp³-hybridized carbons (Fsp3) is 0.556. The minimum Gasteiger partial charge on any atom is -0.464 e. The topological polar surface area (TPSA) is 25.2 Å². The van der Waals surface area contributed by atoms with Gasteiger partial charge in [0.25, 0.3) is 0 Å². The first kappa shape index (κ1) is 14.9. The van der Waals surface area contributed by atoms with Gasteiger partial charge in [-0.05, 0) is 69.3 Å². The van der Waals surface area contributed by atoms with Crippen molar-refractivity contribution in [2.24, 2.45) is 0 Å². The molecular weight excluding hydrogens is 278 g/mol. The Morgan fingerprint density at radius 3 is 2.86 bits per heavy atom. The Kier molecular flexibility index (Phi) is 4.81. The molecule has 0 spiro atoms. The molecule has 0 amide bonds. The minimum absolute atomic E-state index is 0.218. The maximum absolute atomic E-state index is 5.90. The molecule has 21 heavy (non-hydrogen) atoms. The number of thiophene rings is 1. The molecule has 1 unspecified atom stereocenters. The quantitative estimate of drug-likeness (QED) is 0.786. The number of hydrogen-bond acceptors (Lipinski definition) is 3. The highest BCUT2D eigenvalue weighted by atomic mass is 32.1. The van der Waals surface area contributed by atoms with E-state index < -0.39 is 0 Å². The van der Waals surface area contributed by atoms with Crippen LogP contribution in [0, 0.1) is 6.92 Å². The minimum atomic E-state index is 0.218. The van der Waals surface area contributed by atoms with E-state index in [9.17, 15) is 0 Å². The third kappa shape index (κ3) is 3.41. The van der Waals surface area contributed by atoms with Gasteiger partial charge in [0.2, 0.25) is 0 Å². The van der Waals surface area contributed by atoms with Crippen molar-refractivity contribution in [3.8, 4) is 0 Å². The van der Waals surface area contributed by atoms with Gasteiger partial charge < -0.3 is 9.73 Å². The Morgan fingerprint density at radius 1 is 1.24 bits per heavy atom. The van der Waals surface area contributed by atoms with E-state index in [0.29, 0.717) is 0 Å². The van der Waals surface area contributed by atoms with Gasteiger partial charge in [-0.15, -0.1) is 11.3 Å². The van der Waals surface area contributed by atoms with Gasteiger partial charge in [0.1, 0.15) is 17.6 Å². The molecule has 0 radical (unpaired) electrons. The van der Waals surface area contributed by atoms with Crippen LogP contribution in [-0.2, 0) is 12.8 Å². The summed E-state index contributed by atoms with van der Waals surface area (Å²) in [7, 11) is 0. The number of rotatable bonds is 5. The van der Waals surface area contributed by atoms with Crippen LogP contribution < -0.4 is 5.32 Å². The first-order valence-electron chi connectivity index (χ1n) is 8.19. The molecule has 3 heteroatoms. The van der Waals surface area contributed by atoms with Crippen LogP contribution >= 0.6 is 11.3 Å². The molecule has 0 saturated heterocycles. The van der Waals surface area contributed by atoms with Crippen molar-refractivity contribution in [3.05, 3.63) is 45.0 Å². The number of aryl methyl sites for hydroxylation is 3. The Labute approximate surface area is 131 Å². The highest BCUT2D eigenvalue weighted by Gasteiger charge is 2.21. The standard InChI is InChI=1S/C18H25NOS/c1-3-11-19-18(15-10-9-13(2)20-15)17-12-14-7-5-4-6-8-16(14)21-17/h9-10,12,18-19H,3-8,11H2,1-2H3. The van der Waals surface area contributed by atoms with E-state index in [1.807, 2.05) is 18.3 Å². The summed E-state index contributed by atoms with van der Waals surface area (Å²) in [5.41, 5.74) is 1.58. The second-order valence-corrected chi connectivity index (χ2v) is 7.16. The predicted molar refractivity (Wildman–Crippen MR) is 89.2 cm³/mol. The van der Waals surface area contributed by atoms with Crippen molar-refractivity contribution >= 4 is 11.3 Å². The molecule has 0 aliphatic heterocycles. The average Bonchev–Trinajstić information content (AvgIpc) is 3.01. The SMILES string of the molecule is CCCNC(c1ccc(C)o1)c1cc2c(s1)CCCCC2. The van der Waals surface area contributed by atoms with Gasteiger partial charge in [-0.2, -0.15) is 0 Å². The van der Waals surface area contributed by atoms with Crippen molar-refractivity contribution < 1.29 is 4.42 Å². The number of fused-ring (bicyclic) bond motifs is 1. The van der Waals surface area contributed by atoms with Crippen LogP contribution in [0.25, 0.3) is 0 Å². The van der Waals surface area contributed by atoms with Crippen LogP contribution in [0.5, 0.6) is 0 Å². The van der Waals surface area contributed by atoms with Crippen LogP contribution in [0.1, 0.15) is 65.5 Å². The van der Waals surface area contributed by atoms with E-state index in [0.717, 1.165) is 24.5 Å². The zero-order chi connectivity index (χ0) is 14.7. The number of nitrogens with one attached hydrogen (secondary N) is 1. The van der Waals surface area contributed by atoms with E-state index in [4.69, 9.17) is 4.42 Å². The molecule has 3 rings (SSSR count). The maximum atomic E-state index is 5.90. The van der Waals surface area contributed by atoms with Gasteiger partial charge in [0.15, 0.2) is 0 Å². The van der Waals surface area contributed by atoms with Crippen molar-refractivity contribution in [1.29, 1.82) is 0 Å². The molecule has 2 aromatic rings. The van der Waals surface area contributed by atoms with Crippen LogP contribution in [0.15, 0.2) is 22.6 Å². The van der Waals surface area contributed by atoms with Crippen molar-refractivity contribution in [2.45, 2.75) is 58.4 Å². The van der Waals surface area contributed by atoms with Crippen LogP contribution in [0.4, 0.5) is 0 Å². The monoisotopic (exact) mass is 303 g/mol. The van der Waals surface area contributed by atoms with Gasteiger partial charge in [0.05, 0.1) is 0 Å². The molecule has 1 aliphatic rings. The number of furan rings is 1. The summed E-state index contributed by atoms with van der Waals surface area (Å²) in [6.07, 6.45) is 7.73. The Hall–Kier alpha value is -1.06. The zero-order valence-electron chi connectivity index (χ0n) is 13.1. The third-order valence-corrected chi connectivity index (χ3v) is 5.50. The predicted octanol–water partition coefficient (Wildman–Crippen LogP) is 5.01. The van der Waals surface area contributed by atoms with E-state index in [-0.39, 0.29) is 6.04 Å². The van der Waals surface area contributed by atoms with E-state index in [1.54, 1.807) is 10.4 Å². The van der Waals surface area contributed by atoms with Crippen LogP contribution in [0.2, 0.25) is 0 Å². The lowest BCUT2D eigenvalue weighted by molar-refractivity contribution is 0.433.